The minimum atomic E-state index is -0.787. The summed E-state index contributed by atoms with van der Waals surface area (Å²) in [6.07, 6.45) is 3.99. The fraction of sp³-hybridized carbons (Fsp3) is 0.579. The molecule has 2 saturated carbocycles. The van der Waals surface area contributed by atoms with Crippen LogP contribution in [-0.4, -0.2) is 53.7 Å². The molecule has 3 rings (SSSR count). The van der Waals surface area contributed by atoms with Gasteiger partial charge in [-0.2, -0.15) is 0 Å². The van der Waals surface area contributed by atoms with Crippen LogP contribution < -0.4 is 10.1 Å². The largest absolute Gasteiger partial charge is 0.484 e. The first-order chi connectivity index (χ1) is 12.4. The van der Waals surface area contributed by atoms with E-state index >= 15 is 0 Å². The maximum Gasteiger partial charge on any atom is 0.317 e. The molecule has 2 aliphatic carbocycles. The summed E-state index contributed by atoms with van der Waals surface area (Å²) in [5, 5.41) is 12.7. The van der Waals surface area contributed by atoms with Crippen molar-refractivity contribution < 1.29 is 19.4 Å². The molecule has 0 bridgehead atoms. The number of aryl methyl sites for hydroxylation is 1. The standard InChI is InChI=1S/C19H25ClN2O4/c1-12-6-14(20)4-5-17(12)26-11-18(23)21-15-7-16(8-15)22(10-19(24)25)9-13-2-3-13/h4-6,13,15-16H,2-3,7-11H2,1H3,(H,21,23)(H,24,25). The molecule has 2 N–H and O–H groups in total. The molecule has 0 aliphatic heterocycles. The van der Waals surface area contributed by atoms with Gasteiger partial charge in [-0.25, -0.2) is 0 Å². The number of hydrogen-bond acceptors (Lipinski definition) is 4. The Morgan fingerprint density at radius 3 is 2.69 bits per heavy atom. The van der Waals surface area contributed by atoms with Crippen molar-refractivity contribution in [1.82, 2.24) is 10.2 Å². The lowest BCUT2D eigenvalue weighted by Crippen LogP contribution is -2.55. The summed E-state index contributed by atoms with van der Waals surface area (Å²) in [6.45, 7) is 2.79. The summed E-state index contributed by atoms with van der Waals surface area (Å²) in [6, 6.07) is 5.62. The second kappa shape index (κ2) is 8.27. The molecule has 0 spiro atoms. The van der Waals surface area contributed by atoms with Crippen molar-refractivity contribution in [3.05, 3.63) is 28.8 Å². The zero-order valence-corrected chi connectivity index (χ0v) is 15.7. The van der Waals surface area contributed by atoms with Gasteiger partial charge in [0.15, 0.2) is 6.61 Å². The second-order valence-electron chi connectivity index (χ2n) is 7.35. The number of benzene rings is 1. The molecule has 0 saturated heterocycles. The van der Waals surface area contributed by atoms with Crippen LogP contribution in [0.4, 0.5) is 0 Å². The van der Waals surface area contributed by atoms with Crippen molar-refractivity contribution >= 4 is 23.5 Å². The van der Waals surface area contributed by atoms with Gasteiger partial charge in [0, 0.05) is 23.7 Å². The number of carboxylic acid groups (broad SMARTS) is 1. The zero-order chi connectivity index (χ0) is 18.7. The zero-order valence-electron chi connectivity index (χ0n) is 14.9. The van der Waals surface area contributed by atoms with Crippen molar-refractivity contribution in [2.75, 3.05) is 19.7 Å². The number of amides is 1. The highest BCUT2D eigenvalue weighted by Crippen LogP contribution is 2.33. The summed E-state index contributed by atoms with van der Waals surface area (Å²) >= 11 is 5.91. The fourth-order valence-electron chi connectivity index (χ4n) is 3.34. The molecule has 1 aromatic rings. The number of carboxylic acids is 1. The Bertz CT molecular complexity index is 672. The Balaban J connectivity index is 1.40. The number of halogens is 1. The van der Waals surface area contributed by atoms with Crippen molar-refractivity contribution in [3.63, 3.8) is 0 Å². The van der Waals surface area contributed by atoms with Crippen molar-refractivity contribution in [2.24, 2.45) is 5.92 Å². The smallest absolute Gasteiger partial charge is 0.317 e. The number of carbonyl (C=O) groups is 2. The Labute approximate surface area is 158 Å². The van der Waals surface area contributed by atoms with Crippen LogP contribution in [-0.2, 0) is 9.59 Å². The molecule has 1 aromatic carbocycles. The predicted molar refractivity (Wildman–Crippen MR) is 98.6 cm³/mol. The van der Waals surface area contributed by atoms with Crippen LogP contribution in [0.5, 0.6) is 5.75 Å². The molecule has 2 fully saturated rings. The van der Waals surface area contributed by atoms with Gasteiger partial charge in [-0.05, 0) is 62.3 Å². The molecule has 0 radical (unpaired) electrons. The number of rotatable bonds is 9. The number of hydrogen-bond donors (Lipinski definition) is 2. The Morgan fingerprint density at radius 2 is 2.08 bits per heavy atom. The third-order valence-corrected chi connectivity index (χ3v) is 5.25. The second-order valence-corrected chi connectivity index (χ2v) is 7.79. The Morgan fingerprint density at radius 1 is 1.35 bits per heavy atom. The first-order valence-corrected chi connectivity index (χ1v) is 9.42. The molecule has 0 heterocycles. The lowest BCUT2D eigenvalue weighted by atomic mass is 9.85. The molecular weight excluding hydrogens is 356 g/mol. The predicted octanol–water partition coefficient (Wildman–Crippen LogP) is 2.47. The van der Waals surface area contributed by atoms with Gasteiger partial charge in [0.2, 0.25) is 0 Å². The van der Waals surface area contributed by atoms with Crippen LogP contribution in [0.3, 0.4) is 0 Å². The van der Waals surface area contributed by atoms with Crippen LogP contribution in [0.1, 0.15) is 31.2 Å². The van der Waals surface area contributed by atoms with Gasteiger partial charge in [-0.1, -0.05) is 11.6 Å². The average Bonchev–Trinajstić information content (AvgIpc) is 3.32. The number of carbonyl (C=O) groups excluding carboxylic acids is 1. The average molecular weight is 381 g/mol. The van der Waals surface area contributed by atoms with E-state index in [4.69, 9.17) is 21.4 Å². The fourth-order valence-corrected chi connectivity index (χ4v) is 3.57. The van der Waals surface area contributed by atoms with Crippen LogP contribution in [0.25, 0.3) is 0 Å². The van der Waals surface area contributed by atoms with E-state index in [1.165, 1.54) is 12.8 Å². The van der Waals surface area contributed by atoms with Gasteiger partial charge in [0.05, 0.1) is 6.54 Å². The lowest BCUT2D eigenvalue weighted by molar-refractivity contribution is -0.140. The van der Waals surface area contributed by atoms with Crippen molar-refractivity contribution in [1.29, 1.82) is 0 Å². The van der Waals surface area contributed by atoms with Gasteiger partial charge < -0.3 is 15.2 Å². The normalized spacial score (nSPS) is 22.0. The molecule has 0 aromatic heterocycles. The van der Waals surface area contributed by atoms with Crippen LogP contribution in [0.15, 0.2) is 18.2 Å². The monoisotopic (exact) mass is 380 g/mol. The first-order valence-electron chi connectivity index (χ1n) is 9.05. The lowest BCUT2D eigenvalue weighted by Gasteiger charge is -2.42. The number of nitrogens with zero attached hydrogens (tertiary/aromatic N) is 1. The number of aliphatic carboxylic acids is 1. The summed E-state index contributed by atoms with van der Waals surface area (Å²) in [5.74, 6) is 0.353. The van der Waals surface area contributed by atoms with Crippen LogP contribution >= 0.6 is 11.6 Å². The van der Waals surface area contributed by atoms with Gasteiger partial charge >= 0.3 is 5.97 Å². The molecule has 1 amide bonds. The van der Waals surface area contributed by atoms with Crippen molar-refractivity contribution in [2.45, 2.75) is 44.7 Å². The molecule has 2 aliphatic rings. The highest BCUT2D eigenvalue weighted by molar-refractivity contribution is 6.30. The maximum absolute atomic E-state index is 12.1. The molecule has 0 atom stereocenters. The number of ether oxygens (including phenoxy) is 1. The van der Waals surface area contributed by atoms with Gasteiger partial charge in [-0.3, -0.25) is 14.5 Å². The Kier molecular flexibility index (Phi) is 6.04. The van der Waals surface area contributed by atoms with Gasteiger partial charge in [0.25, 0.3) is 5.91 Å². The SMILES string of the molecule is Cc1cc(Cl)ccc1OCC(=O)NC1CC(N(CC(=O)O)CC2CC2)C1. The highest BCUT2D eigenvalue weighted by atomic mass is 35.5. The van der Waals surface area contributed by atoms with E-state index in [1.54, 1.807) is 18.2 Å². The summed E-state index contributed by atoms with van der Waals surface area (Å²) in [5.41, 5.74) is 0.887. The third kappa shape index (κ3) is 5.35. The van der Waals surface area contributed by atoms with Crippen molar-refractivity contribution in [3.8, 4) is 5.75 Å². The summed E-state index contributed by atoms with van der Waals surface area (Å²) in [7, 11) is 0. The molecule has 6 nitrogen and oxygen atoms in total. The van der Waals surface area contributed by atoms with E-state index in [2.05, 4.69) is 10.2 Å². The van der Waals surface area contributed by atoms with E-state index in [0.717, 1.165) is 24.9 Å². The van der Waals surface area contributed by atoms with Gasteiger partial charge in [0.1, 0.15) is 5.75 Å². The highest BCUT2D eigenvalue weighted by Gasteiger charge is 2.37. The molecule has 7 heteroatoms. The summed E-state index contributed by atoms with van der Waals surface area (Å²) in [4.78, 5) is 25.2. The first kappa shape index (κ1) is 19.0. The molecular formula is C19H25ClN2O4. The van der Waals surface area contributed by atoms with E-state index in [-0.39, 0.29) is 31.1 Å². The van der Waals surface area contributed by atoms with E-state index < -0.39 is 5.97 Å². The van der Waals surface area contributed by atoms with E-state index in [0.29, 0.717) is 16.7 Å². The van der Waals surface area contributed by atoms with Crippen LogP contribution in [0, 0.1) is 12.8 Å². The third-order valence-electron chi connectivity index (χ3n) is 5.02. The summed E-state index contributed by atoms with van der Waals surface area (Å²) < 4.78 is 5.55. The van der Waals surface area contributed by atoms with Gasteiger partial charge in [-0.15, -0.1) is 0 Å². The maximum atomic E-state index is 12.1. The van der Waals surface area contributed by atoms with Crippen LogP contribution in [0.2, 0.25) is 5.02 Å². The molecule has 0 unspecified atom stereocenters. The minimum absolute atomic E-state index is 0.0371. The Hall–Kier alpha value is -1.79. The van der Waals surface area contributed by atoms with E-state index in [9.17, 15) is 9.59 Å². The topological polar surface area (TPSA) is 78.9 Å². The number of nitrogens with one attached hydrogen (secondary N) is 1. The quantitative estimate of drug-likeness (QED) is 0.688. The minimum Gasteiger partial charge on any atom is -0.484 e. The molecule has 26 heavy (non-hydrogen) atoms. The molecule has 142 valence electrons. The van der Waals surface area contributed by atoms with E-state index in [1.807, 2.05) is 6.92 Å².